The first kappa shape index (κ1) is 8.87. The molecule has 1 nitrogen and oxygen atoms in total. The molecule has 1 radical (unpaired) electrons. The zero-order valence-electron chi connectivity index (χ0n) is 7.46. The molecule has 0 heterocycles. The van der Waals surface area contributed by atoms with Gasteiger partial charge in [-0.2, -0.15) is 5.26 Å². The molecule has 0 amide bonds. The van der Waals surface area contributed by atoms with E-state index < -0.39 is 0 Å². The Bertz CT molecular complexity index is 290. The van der Waals surface area contributed by atoms with E-state index in [-0.39, 0.29) is 0 Å². The van der Waals surface area contributed by atoms with Crippen molar-refractivity contribution in [3.63, 3.8) is 0 Å². The largest absolute Gasteiger partial charge is 0.192 e. The van der Waals surface area contributed by atoms with Crippen LogP contribution in [-0.2, 0) is 6.42 Å². The van der Waals surface area contributed by atoms with E-state index in [0.717, 1.165) is 17.4 Å². The SMILES string of the molecule is C[B]c1cc(C#N)cc(CC)c1. The highest BCUT2D eigenvalue weighted by Gasteiger charge is 1.97. The zero-order valence-corrected chi connectivity index (χ0v) is 7.46. The van der Waals surface area contributed by atoms with Crippen molar-refractivity contribution in [2.24, 2.45) is 0 Å². The average Bonchev–Trinajstić information content (AvgIpc) is 2.16. The Morgan fingerprint density at radius 2 is 2.17 bits per heavy atom. The van der Waals surface area contributed by atoms with Gasteiger partial charge in [-0.15, -0.1) is 0 Å². The third kappa shape index (κ3) is 1.89. The molecule has 0 aromatic heterocycles. The smallest absolute Gasteiger partial charge is 0.148 e. The van der Waals surface area contributed by atoms with E-state index in [9.17, 15) is 0 Å². The summed E-state index contributed by atoms with van der Waals surface area (Å²) < 4.78 is 0. The quantitative estimate of drug-likeness (QED) is 0.595. The molecular formula is C10H11BN. The van der Waals surface area contributed by atoms with Crippen molar-refractivity contribution >= 4 is 12.7 Å². The second kappa shape index (κ2) is 3.97. The fourth-order valence-electron chi connectivity index (χ4n) is 1.15. The van der Waals surface area contributed by atoms with Gasteiger partial charge >= 0.3 is 0 Å². The van der Waals surface area contributed by atoms with Crippen molar-refractivity contribution in [1.82, 2.24) is 0 Å². The second-order valence-electron chi connectivity index (χ2n) is 2.72. The van der Waals surface area contributed by atoms with E-state index in [4.69, 9.17) is 5.26 Å². The standard InChI is InChI=1S/C10H11BN/c1-3-8-4-9(7-12)6-10(5-8)11-2/h4-6H,3H2,1-2H3. The highest BCUT2D eigenvalue weighted by atomic mass is 14.2. The number of hydrogen-bond acceptors (Lipinski definition) is 1. The molecule has 0 unspecified atom stereocenters. The predicted octanol–water partition coefficient (Wildman–Crippen LogP) is 1.50. The topological polar surface area (TPSA) is 23.8 Å². The van der Waals surface area contributed by atoms with Crippen molar-refractivity contribution in [3.8, 4) is 6.07 Å². The van der Waals surface area contributed by atoms with Gasteiger partial charge in [0.05, 0.1) is 11.6 Å². The fourth-order valence-corrected chi connectivity index (χ4v) is 1.15. The van der Waals surface area contributed by atoms with Crippen LogP contribution in [0, 0.1) is 11.3 Å². The van der Waals surface area contributed by atoms with Crippen molar-refractivity contribution in [1.29, 1.82) is 5.26 Å². The minimum Gasteiger partial charge on any atom is -0.192 e. The van der Waals surface area contributed by atoms with E-state index in [1.165, 1.54) is 5.56 Å². The molecule has 0 N–H and O–H groups in total. The van der Waals surface area contributed by atoms with Gasteiger partial charge in [0.1, 0.15) is 7.28 Å². The number of hydrogen-bond donors (Lipinski definition) is 0. The molecule has 0 aliphatic rings. The van der Waals surface area contributed by atoms with Gasteiger partial charge in [0.15, 0.2) is 0 Å². The maximum absolute atomic E-state index is 8.71. The van der Waals surface area contributed by atoms with Crippen molar-refractivity contribution in [2.75, 3.05) is 0 Å². The highest BCUT2D eigenvalue weighted by Crippen LogP contribution is 2.02. The third-order valence-electron chi connectivity index (χ3n) is 1.89. The fraction of sp³-hybridized carbons (Fsp3) is 0.300. The summed E-state index contributed by atoms with van der Waals surface area (Å²) in [6, 6.07) is 8.11. The monoisotopic (exact) mass is 156 g/mol. The molecule has 0 bridgehead atoms. The maximum atomic E-state index is 8.71. The van der Waals surface area contributed by atoms with E-state index in [0.29, 0.717) is 0 Å². The minimum absolute atomic E-state index is 0.752. The van der Waals surface area contributed by atoms with Gasteiger partial charge in [-0.3, -0.25) is 0 Å². The van der Waals surface area contributed by atoms with Crippen molar-refractivity contribution in [3.05, 3.63) is 29.3 Å². The molecular weight excluding hydrogens is 145 g/mol. The number of nitriles is 1. The molecule has 12 heavy (non-hydrogen) atoms. The summed E-state index contributed by atoms with van der Waals surface area (Å²) in [5.41, 5.74) is 3.11. The molecule has 1 aromatic carbocycles. The Kier molecular flexibility index (Phi) is 2.93. The van der Waals surface area contributed by atoms with E-state index in [1.54, 1.807) is 0 Å². The lowest BCUT2D eigenvalue weighted by Gasteiger charge is -2.01. The van der Waals surface area contributed by atoms with Gasteiger partial charge in [-0.25, -0.2) is 0 Å². The molecule has 0 spiro atoms. The first-order valence-electron chi connectivity index (χ1n) is 4.13. The Hall–Kier alpha value is -1.23. The van der Waals surface area contributed by atoms with Crippen LogP contribution in [0.1, 0.15) is 18.1 Å². The summed E-state index contributed by atoms with van der Waals surface area (Å²) in [4.78, 5) is 0. The normalized spacial score (nSPS) is 9.08. The maximum Gasteiger partial charge on any atom is 0.148 e. The molecule has 0 saturated heterocycles. The number of benzene rings is 1. The Morgan fingerprint density at radius 3 is 2.67 bits per heavy atom. The molecule has 0 aliphatic carbocycles. The van der Waals surface area contributed by atoms with Crippen LogP contribution in [0.15, 0.2) is 18.2 Å². The molecule has 0 saturated carbocycles. The first-order valence-corrected chi connectivity index (χ1v) is 4.13. The van der Waals surface area contributed by atoms with Gasteiger partial charge in [-0.1, -0.05) is 31.3 Å². The summed E-state index contributed by atoms with van der Waals surface area (Å²) in [5.74, 6) is 0. The Balaban J connectivity index is 3.12. The van der Waals surface area contributed by atoms with Crippen LogP contribution >= 0.6 is 0 Å². The summed E-state index contributed by atoms with van der Waals surface area (Å²) in [6.45, 7) is 4.08. The van der Waals surface area contributed by atoms with E-state index in [2.05, 4.69) is 19.1 Å². The van der Waals surface area contributed by atoms with Gasteiger partial charge in [0, 0.05) is 0 Å². The van der Waals surface area contributed by atoms with Crippen LogP contribution in [0.2, 0.25) is 6.82 Å². The van der Waals surface area contributed by atoms with Crippen molar-refractivity contribution in [2.45, 2.75) is 20.2 Å². The Morgan fingerprint density at radius 1 is 1.42 bits per heavy atom. The predicted molar refractivity (Wildman–Crippen MR) is 51.8 cm³/mol. The molecule has 2 heteroatoms. The van der Waals surface area contributed by atoms with Crippen LogP contribution in [0.5, 0.6) is 0 Å². The lowest BCUT2D eigenvalue weighted by atomic mass is 9.72. The van der Waals surface area contributed by atoms with E-state index in [1.807, 2.05) is 26.2 Å². The first-order chi connectivity index (χ1) is 5.80. The highest BCUT2D eigenvalue weighted by molar-refractivity contribution is 6.52. The summed E-state index contributed by atoms with van der Waals surface area (Å²) >= 11 is 0. The molecule has 1 aromatic rings. The number of aryl methyl sites for hydroxylation is 1. The van der Waals surface area contributed by atoms with Crippen LogP contribution in [-0.4, -0.2) is 7.28 Å². The molecule has 0 aliphatic heterocycles. The van der Waals surface area contributed by atoms with Gasteiger partial charge in [0.2, 0.25) is 0 Å². The molecule has 59 valence electrons. The van der Waals surface area contributed by atoms with Gasteiger partial charge in [0.25, 0.3) is 0 Å². The summed E-state index contributed by atoms with van der Waals surface area (Å²) in [6.07, 6.45) is 0.982. The number of rotatable bonds is 2. The van der Waals surface area contributed by atoms with Crippen LogP contribution in [0.25, 0.3) is 0 Å². The minimum atomic E-state index is 0.752. The molecule has 0 fully saturated rings. The van der Waals surface area contributed by atoms with Crippen molar-refractivity contribution < 1.29 is 0 Å². The third-order valence-corrected chi connectivity index (χ3v) is 1.89. The van der Waals surface area contributed by atoms with Crippen LogP contribution in [0.3, 0.4) is 0 Å². The molecule has 0 atom stereocenters. The Labute approximate surface area is 74.3 Å². The number of nitrogens with zero attached hydrogens (tertiary/aromatic N) is 1. The lowest BCUT2D eigenvalue weighted by Crippen LogP contribution is -2.11. The lowest BCUT2D eigenvalue weighted by molar-refractivity contribution is 1.14. The van der Waals surface area contributed by atoms with E-state index >= 15 is 0 Å². The van der Waals surface area contributed by atoms with Gasteiger partial charge < -0.3 is 0 Å². The van der Waals surface area contributed by atoms with Crippen LogP contribution < -0.4 is 5.46 Å². The van der Waals surface area contributed by atoms with Gasteiger partial charge in [-0.05, 0) is 18.1 Å². The van der Waals surface area contributed by atoms with Crippen LogP contribution in [0.4, 0.5) is 0 Å². The average molecular weight is 156 g/mol. The zero-order chi connectivity index (χ0) is 8.97. The second-order valence-corrected chi connectivity index (χ2v) is 2.72. The summed E-state index contributed by atoms with van der Waals surface area (Å²) in [5, 5.41) is 8.71. The summed E-state index contributed by atoms with van der Waals surface area (Å²) in [7, 11) is 2.01. The molecule has 1 rings (SSSR count).